The van der Waals surface area contributed by atoms with E-state index in [9.17, 15) is 0 Å². The molecule has 0 spiro atoms. The number of hydrogen-bond acceptors (Lipinski definition) is 0. The Morgan fingerprint density at radius 3 is 1.25 bits per heavy atom. The summed E-state index contributed by atoms with van der Waals surface area (Å²) >= 11 is 0. The largest absolute Gasteiger partial charge is 0.0616 e. The minimum Gasteiger partial charge on any atom is -0.0616 e. The van der Waals surface area contributed by atoms with Crippen LogP contribution >= 0.6 is 0 Å². The van der Waals surface area contributed by atoms with Gasteiger partial charge in [-0.1, -0.05) is 76.2 Å². The van der Waals surface area contributed by atoms with Crippen molar-refractivity contribution in [3.8, 4) is 0 Å². The quantitative estimate of drug-likeness (QED) is 0.338. The Morgan fingerprint density at radius 2 is 0.875 bits per heavy atom. The zero-order valence-electron chi connectivity index (χ0n) is 14.9. The van der Waals surface area contributed by atoms with E-state index in [1.165, 1.54) is 43.4 Å². The van der Waals surface area contributed by atoms with Crippen LogP contribution in [0.5, 0.6) is 0 Å². The summed E-state index contributed by atoms with van der Waals surface area (Å²) in [6.45, 7) is 9.24. The van der Waals surface area contributed by atoms with E-state index in [-0.39, 0.29) is 0 Å². The normalized spacial score (nSPS) is 12.1. The van der Waals surface area contributed by atoms with Crippen LogP contribution in [-0.4, -0.2) is 0 Å². The van der Waals surface area contributed by atoms with Gasteiger partial charge in [-0.3, -0.25) is 0 Å². The summed E-state index contributed by atoms with van der Waals surface area (Å²) in [5.74, 6) is 1.000. The number of benzene rings is 4. The van der Waals surface area contributed by atoms with Gasteiger partial charge in [0.2, 0.25) is 0 Å². The molecule has 0 saturated heterocycles. The van der Waals surface area contributed by atoms with Gasteiger partial charge in [-0.05, 0) is 67.4 Å². The van der Waals surface area contributed by atoms with Crippen LogP contribution in [0.25, 0.3) is 32.3 Å². The third-order valence-electron chi connectivity index (χ3n) is 5.13. The molecule has 0 aliphatic carbocycles. The van der Waals surface area contributed by atoms with Gasteiger partial charge in [-0.25, -0.2) is 0 Å². The summed E-state index contributed by atoms with van der Waals surface area (Å²) < 4.78 is 0. The van der Waals surface area contributed by atoms with Crippen molar-refractivity contribution in [3.05, 3.63) is 71.8 Å². The second-order valence-corrected chi connectivity index (χ2v) is 7.43. The highest BCUT2D eigenvalue weighted by Gasteiger charge is 2.17. The Hall–Kier alpha value is -2.34. The molecule has 4 aromatic rings. The van der Waals surface area contributed by atoms with Gasteiger partial charge >= 0.3 is 0 Å². The molecule has 0 heteroatoms. The van der Waals surface area contributed by atoms with Crippen molar-refractivity contribution in [2.24, 2.45) is 0 Å². The summed E-state index contributed by atoms with van der Waals surface area (Å²) in [5, 5.41) is 8.34. The molecule has 4 rings (SSSR count). The number of hydrogen-bond donors (Lipinski definition) is 0. The third kappa shape index (κ3) is 2.21. The van der Waals surface area contributed by atoms with Crippen molar-refractivity contribution in [1.29, 1.82) is 0 Å². The average molecular weight is 312 g/mol. The van der Waals surface area contributed by atoms with E-state index in [1.807, 2.05) is 0 Å². The maximum absolute atomic E-state index is 2.40. The van der Waals surface area contributed by atoms with E-state index in [0.717, 1.165) is 0 Å². The number of fused-ring (bicyclic) bond motifs is 3. The van der Waals surface area contributed by atoms with Crippen molar-refractivity contribution >= 4 is 32.3 Å². The lowest BCUT2D eigenvalue weighted by Gasteiger charge is -2.21. The molecule has 4 aromatic carbocycles. The molecule has 0 aromatic heterocycles. The van der Waals surface area contributed by atoms with Crippen molar-refractivity contribution in [2.75, 3.05) is 0 Å². The molecule has 0 unspecified atom stereocenters. The molecule has 0 fully saturated rings. The van der Waals surface area contributed by atoms with Gasteiger partial charge in [-0.2, -0.15) is 0 Å². The van der Waals surface area contributed by atoms with Crippen molar-refractivity contribution in [3.63, 3.8) is 0 Å². The van der Waals surface area contributed by atoms with Gasteiger partial charge in [0.1, 0.15) is 0 Å². The Balaban J connectivity index is 2.32. The van der Waals surface area contributed by atoms with Gasteiger partial charge in [0.05, 0.1) is 0 Å². The average Bonchev–Trinajstić information content (AvgIpc) is 2.57. The Labute approximate surface area is 144 Å². The Morgan fingerprint density at radius 1 is 0.500 bits per heavy atom. The maximum Gasteiger partial charge on any atom is -0.0134 e. The first-order valence-electron chi connectivity index (χ1n) is 8.95. The lowest BCUT2D eigenvalue weighted by Crippen LogP contribution is -1.99. The highest BCUT2D eigenvalue weighted by atomic mass is 14.2. The SMILES string of the molecule is CC(C)c1c2ccccc2c(C(C)C)c2cc3ccccc3cc12. The lowest BCUT2D eigenvalue weighted by molar-refractivity contribution is 0.873. The summed E-state index contributed by atoms with van der Waals surface area (Å²) in [6.07, 6.45) is 0. The molecule has 0 radical (unpaired) electrons. The predicted molar refractivity (Wildman–Crippen MR) is 107 cm³/mol. The van der Waals surface area contributed by atoms with Crippen LogP contribution in [0.15, 0.2) is 60.7 Å². The fourth-order valence-corrected chi connectivity index (χ4v) is 4.17. The van der Waals surface area contributed by atoms with Crippen LogP contribution in [-0.2, 0) is 0 Å². The van der Waals surface area contributed by atoms with E-state index < -0.39 is 0 Å². The second kappa shape index (κ2) is 5.63. The molecule has 0 heterocycles. The van der Waals surface area contributed by atoms with Crippen LogP contribution in [0, 0.1) is 0 Å². The molecule has 0 N–H and O–H groups in total. The minimum atomic E-state index is 0.500. The van der Waals surface area contributed by atoms with Gasteiger partial charge < -0.3 is 0 Å². The molecule has 120 valence electrons. The highest BCUT2D eigenvalue weighted by molar-refractivity contribution is 6.10. The van der Waals surface area contributed by atoms with Crippen LogP contribution in [0.3, 0.4) is 0 Å². The molecular weight excluding hydrogens is 288 g/mol. The second-order valence-electron chi connectivity index (χ2n) is 7.43. The monoisotopic (exact) mass is 312 g/mol. The first kappa shape index (κ1) is 15.2. The molecule has 24 heavy (non-hydrogen) atoms. The van der Waals surface area contributed by atoms with Crippen molar-refractivity contribution in [2.45, 2.75) is 39.5 Å². The lowest BCUT2D eigenvalue weighted by atomic mass is 9.83. The van der Waals surface area contributed by atoms with Crippen LogP contribution in [0.1, 0.15) is 50.7 Å². The smallest absolute Gasteiger partial charge is 0.0134 e. The van der Waals surface area contributed by atoms with Gasteiger partial charge in [0.25, 0.3) is 0 Å². The van der Waals surface area contributed by atoms with Crippen molar-refractivity contribution in [1.82, 2.24) is 0 Å². The molecular formula is C24H24. The number of rotatable bonds is 2. The van der Waals surface area contributed by atoms with E-state index in [4.69, 9.17) is 0 Å². The van der Waals surface area contributed by atoms with Gasteiger partial charge in [-0.15, -0.1) is 0 Å². The van der Waals surface area contributed by atoms with E-state index in [2.05, 4.69) is 88.4 Å². The topological polar surface area (TPSA) is 0 Å². The minimum absolute atomic E-state index is 0.500. The third-order valence-corrected chi connectivity index (χ3v) is 5.13. The zero-order chi connectivity index (χ0) is 16.8. The van der Waals surface area contributed by atoms with E-state index in [0.29, 0.717) is 11.8 Å². The fraction of sp³-hybridized carbons (Fsp3) is 0.250. The molecule has 0 nitrogen and oxygen atoms in total. The molecule has 0 atom stereocenters. The Bertz CT molecular complexity index is 966. The summed E-state index contributed by atoms with van der Waals surface area (Å²) in [5.41, 5.74) is 2.96. The molecule has 0 amide bonds. The molecule has 0 bridgehead atoms. The summed E-state index contributed by atoms with van der Waals surface area (Å²) in [4.78, 5) is 0. The van der Waals surface area contributed by atoms with Crippen molar-refractivity contribution < 1.29 is 0 Å². The first-order chi connectivity index (χ1) is 11.6. The highest BCUT2D eigenvalue weighted by Crippen LogP contribution is 2.41. The van der Waals surface area contributed by atoms with Gasteiger partial charge in [0.15, 0.2) is 0 Å². The summed E-state index contributed by atoms with van der Waals surface area (Å²) in [6, 6.07) is 22.5. The maximum atomic E-state index is 2.40. The molecule has 0 aliphatic heterocycles. The van der Waals surface area contributed by atoms with E-state index >= 15 is 0 Å². The van der Waals surface area contributed by atoms with Crippen LogP contribution < -0.4 is 0 Å². The predicted octanol–water partition coefficient (Wildman–Crippen LogP) is 7.39. The molecule has 0 aliphatic rings. The Kier molecular flexibility index (Phi) is 3.57. The molecule has 0 saturated carbocycles. The van der Waals surface area contributed by atoms with Gasteiger partial charge in [0, 0.05) is 0 Å². The fourth-order valence-electron chi connectivity index (χ4n) is 4.17. The van der Waals surface area contributed by atoms with E-state index in [1.54, 1.807) is 0 Å². The standard InChI is InChI=1S/C24H24/c1-15(2)23-19-11-7-8-12-20(19)24(16(3)4)22-14-18-10-6-5-9-17(18)13-21(22)23/h5-16H,1-4H3. The first-order valence-corrected chi connectivity index (χ1v) is 8.95. The summed E-state index contributed by atoms with van der Waals surface area (Å²) in [7, 11) is 0. The zero-order valence-corrected chi connectivity index (χ0v) is 14.9. The van der Waals surface area contributed by atoms with Crippen LogP contribution in [0.4, 0.5) is 0 Å². The van der Waals surface area contributed by atoms with Crippen LogP contribution in [0.2, 0.25) is 0 Å².